The molecule has 2 aliphatic heterocycles. The molecule has 2 heterocycles. The van der Waals surface area contributed by atoms with Crippen molar-refractivity contribution in [1.82, 2.24) is 4.90 Å². The van der Waals surface area contributed by atoms with Gasteiger partial charge in [-0.3, -0.25) is 14.6 Å². The van der Waals surface area contributed by atoms with Crippen LogP contribution in [0.3, 0.4) is 0 Å². The third-order valence-electron chi connectivity index (χ3n) is 4.53. The molecule has 0 aromatic heterocycles. The number of rotatable bonds is 2. The van der Waals surface area contributed by atoms with Crippen molar-refractivity contribution in [2.45, 2.75) is 6.92 Å². The summed E-state index contributed by atoms with van der Waals surface area (Å²) in [7, 11) is 0. The number of carbonyl (C=O) groups excluding carboxylic acids is 2. The van der Waals surface area contributed by atoms with Crippen LogP contribution in [0.4, 0.5) is 0 Å². The van der Waals surface area contributed by atoms with Crippen molar-refractivity contribution in [3.63, 3.8) is 0 Å². The number of nitrogens with zero attached hydrogens (tertiary/aromatic N) is 3. The second-order valence-electron chi connectivity index (χ2n) is 5.92. The number of aliphatic imine (C=N–C) groups is 1. The first-order chi connectivity index (χ1) is 12.1. The van der Waals surface area contributed by atoms with Crippen LogP contribution in [-0.2, 0) is 0 Å². The fourth-order valence-electron chi connectivity index (χ4n) is 3.21. The first-order valence-electron chi connectivity index (χ1n) is 7.84. The maximum Gasteiger partial charge on any atom is 0.265 e. The second kappa shape index (κ2) is 5.53. The van der Waals surface area contributed by atoms with Crippen molar-refractivity contribution in [3.8, 4) is 6.07 Å². The molecule has 0 saturated heterocycles. The number of nitriles is 1. The van der Waals surface area contributed by atoms with E-state index in [4.69, 9.17) is 5.26 Å². The SMILES string of the molecule is CC1=C(N2C(=O)c3ccccc3C2=O)CN=C1c1ccc(C#N)cc1. The summed E-state index contributed by atoms with van der Waals surface area (Å²) < 4.78 is 0. The molecule has 0 bridgehead atoms. The van der Waals surface area contributed by atoms with Crippen LogP contribution in [0.5, 0.6) is 0 Å². The van der Waals surface area contributed by atoms with Gasteiger partial charge in [0, 0.05) is 5.56 Å². The number of carbonyl (C=O) groups is 2. The van der Waals surface area contributed by atoms with Gasteiger partial charge in [-0.15, -0.1) is 0 Å². The summed E-state index contributed by atoms with van der Waals surface area (Å²) in [5.74, 6) is -0.600. The van der Waals surface area contributed by atoms with Crippen molar-refractivity contribution in [2.24, 2.45) is 4.99 Å². The summed E-state index contributed by atoms with van der Waals surface area (Å²) in [4.78, 5) is 31.1. The van der Waals surface area contributed by atoms with Crippen LogP contribution in [0.1, 0.15) is 38.8 Å². The smallest absolute Gasteiger partial charge is 0.265 e. The summed E-state index contributed by atoms with van der Waals surface area (Å²) in [6.07, 6.45) is 0. The number of fused-ring (bicyclic) bond motifs is 1. The number of allylic oxidation sites excluding steroid dienone is 1. The molecule has 25 heavy (non-hydrogen) atoms. The third kappa shape index (κ3) is 2.19. The Morgan fingerprint density at radius 2 is 1.60 bits per heavy atom. The van der Waals surface area contributed by atoms with E-state index in [-0.39, 0.29) is 18.4 Å². The molecule has 0 aliphatic carbocycles. The normalized spacial score (nSPS) is 16.2. The highest BCUT2D eigenvalue weighted by Crippen LogP contribution is 2.31. The van der Waals surface area contributed by atoms with E-state index in [0.29, 0.717) is 22.4 Å². The van der Waals surface area contributed by atoms with Gasteiger partial charge in [0.2, 0.25) is 0 Å². The van der Waals surface area contributed by atoms with Gasteiger partial charge in [0.05, 0.1) is 40.7 Å². The van der Waals surface area contributed by atoms with E-state index in [2.05, 4.69) is 11.1 Å². The van der Waals surface area contributed by atoms with E-state index in [1.807, 2.05) is 19.1 Å². The zero-order valence-electron chi connectivity index (χ0n) is 13.5. The van der Waals surface area contributed by atoms with Gasteiger partial charge in [-0.05, 0) is 36.8 Å². The van der Waals surface area contributed by atoms with Crippen molar-refractivity contribution >= 4 is 17.5 Å². The van der Waals surface area contributed by atoms with Gasteiger partial charge >= 0.3 is 0 Å². The molecule has 0 saturated carbocycles. The largest absolute Gasteiger partial charge is 0.278 e. The van der Waals surface area contributed by atoms with E-state index in [1.54, 1.807) is 36.4 Å². The molecule has 5 nitrogen and oxygen atoms in total. The lowest BCUT2D eigenvalue weighted by Gasteiger charge is -2.16. The molecule has 2 aromatic carbocycles. The Morgan fingerprint density at radius 1 is 1.00 bits per heavy atom. The van der Waals surface area contributed by atoms with Gasteiger partial charge in [0.1, 0.15) is 0 Å². The number of benzene rings is 2. The van der Waals surface area contributed by atoms with Crippen molar-refractivity contribution < 1.29 is 9.59 Å². The Morgan fingerprint density at radius 3 is 2.16 bits per heavy atom. The maximum atomic E-state index is 12.7. The molecule has 4 rings (SSSR count). The lowest BCUT2D eigenvalue weighted by Crippen LogP contribution is -2.30. The average Bonchev–Trinajstić information content (AvgIpc) is 3.13. The Kier molecular flexibility index (Phi) is 3.33. The van der Waals surface area contributed by atoms with E-state index < -0.39 is 0 Å². The van der Waals surface area contributed by atoms with E-state index in [9.17, 15) is 9.59 Å². The van der Waals surface area contributed by atoms with Crippen LogP contribution in [0.25, 0.3) is 0 Å². The molecule has 0 atom stereocenters. The van der Waals surface area contributed by atoms with Crippen LogP contribution >= 0.6 is 0 Å². The average molecular weight is 327 g/mol. The molecular formula is C20H13N3O2. The van der Waals surface area contributed by atoms with Gasteiger partial charge in [0.25, 0.3) is 11.8 Å². The highest BCUT2D eigenvalue weighted by Gasteiger charge is 2.39. The molecule has 0 fully saturated rings. The highest BCUT2D eigenvalue weighted by atomic mass is 16.2. The maximum absolute atomic E-state index is 12.7. The summed E-state index contributed by atoms with van der Waals surface area (Å²) in [6, 6.07) is 16.0. The van der Waals surface area contributed by atoms with Crippen molar-refractivity contribution in [1.29, 1.82) is 5.26 Å². The van der Waals surface area contributed by atoms with Gasteiger partial charge in [-0.25, -0.2) is 4.90 Å². The molecule has 0 spiro atoms. The minimum absolute atomic E-state index is 0.284. The summed E-state index contributed by atoms with van der Waals surface area (Å²) in [5.41, 5.74) is 4.47. The van der Waals surface area contributed by atoms with Gasteiger partial charge in [-0.1, -0.05) is 24.3 Å². The lowest BCUT2D eigenvalue weighted by molar-refractivity contribution is 0.0702. The predicted molar refractivity (Wildman–Crippen MR) is 92.2 cm³/mol. The first kappa shape index (κ1) is 15.0. The van der Waals surface area contributed by atoms with Gasteiger partial charge in [0.15, 0.2) is 0 Å². The number of hydrogen-bond acceptors (Lipinski definition) is 4. The molecule has 2 aliphatic rings. The molecule has 0 unspecified atom stereocenters. The quantitative estimate of drug-likeness (QED) is 0.796. The second-order valence-corrected chi connectivity index (χ2v) is 5.92. The van der Waals surface area contributed by atoms with Crippen LogP contribution in [-0.4, -0.2) is 29.0 Å². The summed E-state index contributed by atoms with van der Waals surface area (Å²) in [6.45, 7) is 2.15. The molecule has 5 heteroatoms. The minimum atomic E-state index is -0.300. The Labute approximate surface area is 144 Å². The van der Waals surface area contributed by atoms with Crippen LogP contribution in [0.15, 0.2) is 64.8 Å². The van der Waals surface area contributed by atoms with Crippen LogP contribution < -0.4 is 0 Å². The van der Waals surface area contributed by atoms with Crippen LogP contribution in [0, 0.1) is 11.3 Å². The van der Waals surface area contributed by atoms with Gasteiger partial charge in [-0.2, -0.15) is 5.26 Å². The van der Waals surface area contributed by atoms with Crippen LogP contribution in [0.2, 0.25) is 0 Å². The predicted octanol–water partition coefficient (Wildman–Crippen LogP) is 2.93. The zero-order chi connectivity index (χ0) is 17.6. The zero-order valence-corrected chi connectivity index (χ0v) is 13.5. The fourth-order valence-corrected chi connectivity index (χ4v) is 3.21. The highest BCUT2D eigenvalue weighted by molar-refractivity contribution is 6.24. The molecule has 0 radical (unpaired) electrons. The van der Waals surface area contributed by atoms with E-state index in [0.717, 1.165) is 16.8 Å². The van der Waals surface area contributed by atoms with E-state index in [1.165, 1.54) is 4.90 Å². The molecule has 120 valence electrons. The first-order valence-corrected chi connectivity index (χ1v) is 7.84. The molecule has 0 N–H and O–H groups in total. The molecular weight excluding hydrogens is 314 g/mol. The Bertz CT molecular complexity index is 989. The van der Waals surface area contributed by atoms with E-state index >= 15 is 0 Å². The number of imide groups is 1. The third-order valence-corrected chi connectivity index (χ3v) is 4.53. The number of hydrogen-bond donors (Lipinski definition) is 0. The monoisotopic (exact) mass is 327 g/mol. The van der Waals surface area contributed by atoms with Gasteiger partial charge < -0.3 is 0 Å². The Balaban J connectivity index is 1.71. The minimum Gasteiger partial charge on any atom is -0.278 e. The molecule has 2 amide bonds. The topological polar surface area (TPSA) is 73.5 Å². The molecule has 2 aromatic rings. The van der Waals surface area contributed by atoms with Crippen molar-refractivity contribution in [3.05, 3.63) is 82.1 Å². The Hall–Kier alpha value is -3.52. The van der Waals surface area contributed by atoms with Crippen molar-refractivity contribution in [2.75, 3.05) is 6.54 Å². The number of amides is 2. The standard InChI is InChI=1S/C20H13N3O2/c1-12-17(11-22-18(12)14-8-6-13(10-21)7-9-14)23-19(24)15-4-2-3-5-16(15)20(23)25/h2-9H,11H2,1H3. The summed E-state index contributed by atoms with van der Waals surface area (Å²) in [5, 5.41) is 8.90. The lowest BCUT2D eigenvalue weighted by atomic mass is 10.0. The summed E-state index contributed by atoms with van der Waals surface area (Å²) >= 11 is 0. The fraction of sp³-hybridized carbons (Fsp3) is 0.100.